The highest BCUT2D eigenvalue weighted by Gasteiger charge is 2.54. The maximum absolute atomic E-state index is 14.0. The minimum absolute atomic E-state index is 0.0702. The zero-order valence-corrected chi connectivity index (χ0v) is 29.3. The first-order chi connectivity index (χ1) is 20.6. The fraction of sp³-hybridized carbons (Fsp3) is 0.541. The van der Waals surface area contributed by atoms with Crippen molar-refractivity contribution in [1.29, 1.82) is 0 Å². The van der Waals surface area contributed by atoms with Gasteiger partial charge in [-0.1, -0.05) is 62.8 Å². The number of carbonyl (C=O) groups is 1. The van der Waals surface area contributed by atoms with Crippen LogP contribution in [0.15, 0.2) is 65.1 Å². The maximum atomic E-state index is 14.0. The summed E-state index contributed by atoms with van der Waals surface area (Å²) in [5.74, 6) is 2.22. The number of rotatable bonds is 10. The van der Waals surface area contributed by atoms with Gasteiger partial charge in [0.25, 0.3) is 9.04 Å². The molecule has 2 aromatic carbocycles. The third-order valence-electron chi connectivity index (χ3n) is 10.1. The highest BCUT2D eigenvalue weighted by molar-refractivity contribution is 7.92. The van der Waals surface area contributed by atoms with Crippen molar-refractivity contribution in [1.82, 2.24) is 0 Å². The van der Waals surface area contributed by atoms with Crippen molar-refractivity contribution in [2.24, 2.45) is 17.8 Å². The molecule has 4 saturated carbocycles. The van der Waals surface area contributed by atoms with Crippen molar-refractivity contribution in [3.63, 3.8) is 0 Å². The summed E-state index contributed by atoms with van der Waals surface area (Å²) in [5.41, 5.74) is 5.07. The van der Waals surface area contributed by atoms with Gasteiger partial charge in [-0.3, -0.25) is 0 Å². The Morgan fingerprint density at radius 3 is 2.07 bits per heavy atom. The highest BCUT2D eigenvalue weighted by atomic mass is 32.2. The number of carboxylic acids is 1. The van der Waals surface area contributed by atoms with E-state index in [1.54, 1.807) is 37.3 Å². The number of carboxylic acid groups (broad SMARTS) is 1. The van der Waals surface area contributed by atoms with Gasteiger partial charge < -0.3 is 9.53 Å². The van der Waals surface area contributed by atoms with Crippen molar-refractivity contribution < 1.29 is 22.7 Å². The van der Waals surface area contributed by atoms with E-state index in [4.69, 9.17) is 4.43 Å². The van der Waals surface area contributed by atoms with Crippen molar-refractivity contribution in [2.75, 3.05) is 0 Å². The minimum atomic E-state index is -3.79. The lowest BCUT2D eigenvalue weighted by molar-refractivity contribution is -0.131. The van der Waals surface area contributed by atoms with E-state index in [1.807, 2.05) is 13.0 Å². The summed E-state index contributed by atoms with van der Waals surface area (Å²) in [5, 5.41) is 8.46. The Morgan fingerprint density at radius 2 is 1.57 bits per heavy atom. The zero-order valence-electron chi connectivity index (χ0n) is 27.4. The Bertz CT molecular complexity index is 1530. The van der Waals surface area contributed by atoms with Gasteiger partial charge >= 0.3 is 5.97 Å². The van der Waals surface area contributed by atoms with E-state index in [1.165, 1.54) is 49.7 Å². The topological polar surface area (TPSA) is 80.7 Å². The van der Waals surface area contributed by atoms with E-state index < -0.39 is 30.1 Å². The lowest BCUT2D eigenvalue weighted by Crippen LogP contribution is -2.49. The third-order valence-corrected chi connectivity index (χ3v) is 12.7. The smallest absolute Gasteiger partial charge is 0.328 e. The molecule has 1 unspecified atom stereocenters. The van der Waals surface area contributed by atoms with Crippen LogP contribution in [0.1, 0.15) is 96.3 Å². The number of allylic oxidation sites excluding steroid dienone is 2. The Kier molecular flexibility index (Phi) is 9.14. The predicted octanol–water partition coefficient (Wildman–Crippen LogP) is 8.75. The summed E-state index contributed by atoms with van der Waals surface area (Å²) in [7, 11) is -4.94. The fourth-order valence-electron chi connectivity index (χ4n) is 8.77. The number of sulfone groups is 1. The molecule has 1 N–H and O–H groups in total. The number of hydrogen-bond donors (Lipinski definition) is 1. The molecule has 1 atom stereocenters. The number of aliphatic carboxylic acids is 1. The second kappa shape index (κ2) is 12.3. The third kappa shape index (κ3) is 6.64. The average molecular weight is 634 g/mol. The normalized spacial score (nSPS) is 26.2. The summed E-state index contributed by atoms with van der Waals surface area (Å²) < 4.78 is 35.0. The van der Waals surface area contributed by atoms with Crippen LogP contribution in [0.4, 0.5) is 0 Å². The molecule has 4 bridgehead atoms. The molecule has 4 aliphatic rings. The Morgan fingerprint density at radius 1 is 1.00 bits per heavy atom. The van der Waals surface area contributed by atoms with Crippen LogP contribution in [-0.2, 0) is 25.5 Å². The van der Waals surface area contributed by atoms with Gasteiger partial charge in [0.15, 0.2) is 9.84 Å². The first-order valence-electron chi connectivity index (χ1n) is 16.1. The second-order valence-electron chi connectivity index (χ2n) is 15.1. The van der Waals surface area contributed by atoms with E-state index in [-0.39, 0.29) is 22.1 Å². The molecule has 0 aliphatic heterocycles. The molecule has 4 fully saturated rings. The summed E-state index contributed by atoms with van der Waals surface area (Å²) >= 11 is 0. The van der Waals surface area contributed by atoms with E-state index in [0.717, 1.165) is 40.7 Å². The first-order valence-corrected chi connectivity index (χ1v) is 20.1. The quantitative estimate of drug-likeness (QED) is 0.209. The van der Waals surface area contributed by atoms with Crippen LogP contribution >= 0.6 is 0 Å². The van der Waals surface area contributed by atoms with Crippen LogP contribution in [0, 0.1) is 17.8 Å². The molecule has 0 heterocycles. The molecular weight excluding hydrogens is 585 g/mol. The predicted molar refractivity (Wildman–Crippen MR) is 180 cm³/mol. The van der Waals surface area contributed by atoms with Gasteiger partial charge in [-0.15, -0.1) is 0 Å². The summed E-state index contributed by atoms with van der Waals surface area (Å²) in [6.07, 6.45) is 10.8. The van der Waals surface area contributed by atoms with Crippen LogP contribution in [0.25, 0.3) is 5.57 Å². The van der Waals surface area contributed by atoms with Crippen molar-refractivity contribution >= 4 is 30.4 Å². The Labute approximate surface area is 266 Å². The van der Waals surface area contributed by atoms with Crippen molar-refractivity contribution in [2.45, 2.75) is 114 Å². The van der Waals surface area contributed by atoms with Crippen LogP contribution in [0.2, 0.25) is 13.1 Å². The molecule has 0 aromatic heterocycles. The van der Waals surface area contributed by atoms with E-state index in [2.05, 4.69) is 46.0 Å². The molecular formula is C37H49O5SSi. The number of benzene rings is 2. The zero-order chi connectivity index (χ0) is 32.0. The van der Waals surface area contributed by atoms with Gasteiger partial charge in [0.05, 0.1) is 10.1 Å². The average Bonchev–Trinajstić information content (AvgIpc) is 2.90. The van der Waals surface area contributed by atoms with Crippen molar-refractivity contribution in [3.8, 4) is 5.75 Å². The van der Waals surface area contributed by atoms with Crippen LogP contribution in [0.5, 0.6) is 5.75 Å². The van der Waals surface area contributed by atoms with Crippen LogP contribution < -0.4 is 4.43 Å². The highest BCUT2D eigenvalue weighted by Crippen LogP contribution is 2.63. The lowest BCUT2D eigenvalue weighted by atomic mass is 9.47. The molecule has 1 radical (unpaired) electrons. The van der Waals surface area contributed by atoms with Gasteiger partial charge in [-0.25, -0.2) is 13.2 Å². The fourth-order valence-corrected chi connectivity index (χ4v) is 11.1. The van der Waals surface area contributed by atoms with Crippen molar-refractivity contribution in [3.05, 3.63) is 76.9 Å². The van der Waals surface area contributed by atoms with Crippen LogP contribution in [0.3, 0.4) is 0 Å². The molecule has 7 heteroatoms. The van der Waals surface area contributed by atoms with Gasteiger partial charge in [0.1, 0.15) is 5.75 Å². The first kappa shape index (κ1) is 32.7. The van der Waals surface area contributed by atoms with Gasteiger partial charge in [-0.2, -0.15) is 0 Å². The standard InChI is InChI=1S/C37H49O5SSi/c1-24(16-33(38)39)15-30(43(40,41)29-11-9-8-10-12-29)17-25(2)31-13-14-32(36(3,4)5)34(35(31)42-44(6)7)37-21-26-18-27(22-37)20-28(19-26)23-37/h8-14,16-17,26-28,30H,15,18-23H2,1-7H3,(H,38,39)/b24-16+,25-17+. The van der Waals surface area contributed by atoms with E-state index >= 15 is 0 Å². The van der Waals surface area contributed by atoms with E-state index in [9.17, 15) is 18.3 Å². The van der Waals surface area contributed by atoms with Crippen LogP contribution in [-0.4, -0.2) is 33.8 Å². The van der Waals surface area contributed by atoms with E-state index in [0.29, 0.717) is 5.57 Å². The lowest BCUT2D eigenvalue weighted by Gasteiger charge is -2.58. The van der Waals surface area contributed by atoms with Gasteiger partial charge in [0.2, 0.25) is 0 Å². The molecule has 44 heavy (non-hydrogen) atoms. The maximum Gasteiger partial charge on any atom is 0.328 e. The molecule has 5 nitrogen and oxygen atoms in total. The molecule has 4 aliphatic carbocycles. The summed E-state index contributed by atoms with van der Waals surface area (Å²) in [6.45, 7) is 14.9. The molecule has 0 saturated heterocycles. The molecule has 0 amide bonds. The Hall–Kier alpha value is -2.64. The number of hydrogen-bond acceptors (Lipinski definition) is 4. The summed E-state index contributed by atoms with van der Waals surface area (Å²) in [6, 6.07) is 12.9. The Balaban J connectivity index is 1.70. The largest absolute Gasteiger partial charge is 0.542 e. The van der Waals surface area contributed by atoms with Gasteiger partial charge in [-0.05, 0) is 118 Å². The van der Waals surface area contributed by atoms with Gasteiger partial charge in [0, 0.05) is 22.6 Å². The SMILES string of the molecule is C/C(=C\C(=O)O)CC(/C=C(\C)c1ccc(C(C)(C)C)c(C23CC4CC(CC(C4)C2)C3)c1O[Si](C)C)S(=O)(=O)c1ccccc1. The molecule has 6 rings (SSSR count). The minimum Gasteiger partial charge on any atom is -0.542 e. The molecule has 237 valence electrons. The summed E-state index contributed by atoms with van der Waals surface area (Å²) in [4.78, 5) is 11.7. The molecule has 0 spiro atoms. The monoisotopic (exact) mass is 633 g/mol. The second-order valence-corrected chi connectivity index (χ2v) is 19.3. The molecule has 2 aromatic rings.